The quantitative estimate of drug-likeness (QED) is 0.619. The van der Waals surface area contributed by atoms with Crippen molar-refractivity contribution in [2.45, 2.75) is 6.42 Å². The molecule has 0 atom stereocenters. The van der Waals surface area contributed by atoms with Crippen LogP contribution in [0.15, 0.2) is 18.2 Å². The standard InChI is InChI=1S/C12H14N2O6/c1-13(6-5-11(15)16)12(17)8-3-4-10(20-2)9(7-8)14(18)19/h3-4,7H,5-6H2,1-2H3,(H,15,16). The number of hydrogen-bond donors (Lipinski definition) is 1. The SMILES string of the molecule is COc1ccc(C(=O)N(C)CCC(=O)O)cc1[N+](=O)[O-]. The number of nitrogens with zero attached hydrogens (tertiary/aromatic N) is 2. The smallest absolute Gasteiger partial charge is 0.311 e. The molecule has 1 aromatic rings. The zero-order valence-corrected chi connectivity index (χ0v) is 11.0. The first kappa shape index (κ1) is 15.4. The molecule has 1 amide bonds. The molecule has 0 unspecified atom stereocenters. The zero-order valence-electron chi connectivity index (χ0n) is 11.0. The molecule has 1 rings (SSSR count). The van der Waals surface area contributed by atoms with E-state index < -0.39 is 16.8 Å². The summed E-state index contributed by atoms with van der Waals surface area (Å²) >= 11 is 0. The van der Waals surface area contributed by atoms with Crippen LogP contribution in [-0.4, -0.2) is 47.5 Å². The van der Waals surface area contributed by atoms with E-state index in [2.05, 4.69) is 0 Å². The van der Waals surface area contributed by atoms with Gasteiger partial charge in [0.2, 0.25) is 0 Å². The molecule has 20 heavy (non-hydrogen) atoms. The molecule has 0 heterocycles. The highest BCUT2D eigenvalue weighted by Crippen LogP contribution is 2.27. The molecule has 1 N–H and O–H groups in total. The highest BCUT2D eigenvalue weighted by molar-refractivity contribution is 5.95. The number of carboxylic acid groups (broad SMARTS) is 1. The molecule has 8 nitrogen and oxygen atoms in total. The monoisotopic (exact) mass is 282 g/mol. The Morgan fingerprint density at radius 2 is 2.10 bits per heavy atom. The summed E-state index contributed by atoms with van der Waals surface area (Å²) in [5, 5.41) is 19.4. The number of aliphatic carboxylic acids is 1. The maximum atomic E-state index is 12.0. The Morgan fingerprint density at radius 3 is 2.60 bits per heavy atom. The third-order valence-corrected chi connectivity index (χ3v) is 2.63. The number of carbonyl (C=O) groups excluding carboxylic acids is 1. The molecule has 108 valence electrons. The highest BCUT2D eigenvalue weighted by Gasteiger charge is 2.20. The summed E-state index contributed by atoms with van der Waals surface area (Å²) in [4.78, 5) is 33.9. The van der Waals surface area contributed by atoms with E-state index in [1.807, 2.05) is 0 Å². The summed E-state index contributed by atoms with van der Waals surface area (Å²) in [5.41, 5.74) is -0.213. The minimum atomic E-state index is -1.02. The third-order valence-electron chi connectivity index (χ3n) is 2.63. The van der Waals surface area contributed by atoms with Crippen LogP contribution in [0.25, 0.3) is 0 Å². The van der Waals surface area contributed by atoms with E-state index in [9.17, 15) is 19.7 Å². The van der Waals surface area contributed by atoms with Crippen molar-refractivity contribution in [3.8, 4) is 5.75 Å². The van der Waals surface area contributed by atoms with E-state index in [4.69, 9.17) is 9.84 Å². The second-order valence-corrected chi connectivity index (χ2v) is 4.01. The number of carbonyl (C=O) groups is 2. The lowest BCUT2D eigenvalue weighted by Crippen LogP contribution is -2.29. The van der Waals surface area contributed by atoms with Gasteiger partial charge in [-0.05, 0) is 12.1 Å². The number of amides is 1. The summed E-state index contributed by atoms with van der Waals surface area (Å²) in [6, 6.07) is 3.83. The number of nitro groups is 1. The minimum Gasteiger partial charge on any atom is -0.490 e. The fourth-order valence-corrected chi connectivity index (χ4v) is 1.55. The Hall–Kier alpha value is -2.64. The molecule has 0 radical (unpaired) electrons. The van der Waals surface area contributed by atoms with E-state index >= 15 is 0 Å². The summed E-state index contributed by atoms with van der Waals surface area (Å²) < 4.78 is 4.84. The van der Waals surface area contributed by atoms with Crippen LogP contribution in [0, 0.1) is 10.1 Å². The van der Waals surface area contributed by atoms with Crippen LogP contribution in [0.5, 0.6) is 5.75 Å². The number of benzene rings is 1. The second kappa shape index (κ2) is 6.50. The molecule has 0 aliphatic carbocycles. The normalized spacial score (nSPS) is 9.90. The molecule has 0 saturated heterocycles. The molecular formula is C12H14N2O6. The molecular weight excluding hydrogens is 268 g/mol. The zero-order chi connectivity index (χ0) is 15.3. The molecule has 0 aromatic heterocycles. The van der Waals surface area contributed by atoms with Gasteiger partial charge in [0, 0.05) is 25.2 Å². The number of nitro benzene ring substituents is 1. The van der Waals surface area contributed by atoms with Gasteiger partial charge in [-0.2, -0.15) is 0 Å². The molecule has 0 aliphatic rings. The molecule has 0 spiro atoms. The average Bonchev–Trinajstić information content (AvgIpc) is 2.42. The number of hydrogen-bond acceptors (Lipinski definition) is 5. The van der Waals surface area contributed by atoms with Crippen LogP contribution >= 0.6 is 0 Å². The molecule has 0 saturated carbocycles. The van der Waals surface area contributed by atoms with Gasteiger partial charge in [0.15, 0.2) is 5.75 Å². The van der Waals surface area contributed by atoms with Crippen LogP contribution in [0.3, 0.4) is 0 Å². The summed E-state index contributed by atoms with van der Waals surface area (Å²) in [5.74, 6) is -1.46. The van der Waals surface area contributed by atoms with Gasteiger partial charge >= 0.3 is 11.7 Å². The van der Waals surface area contributed by atoms with Crippen molar-refractivity contribution in [2.24, 2.45) is 0 Å². The van der Waals surface area contributed by atoms with Gasteiger partial charge in [0.05, 0.1) is 18.5 Å². The Morgan fingerprint density at radius 1 is 1.45 bits per heavy atom. The van der Waals surface area contributed by atoms with Crippen molar-refractivity contribution in [3.05, 3.63) is 33.9 Å². The number of methoxy groups -OCH3 is 1. The van der Waals surface area contributed by atoms with Gasteiger partial charge in [0.25, 0.3) is 5.91 Å². The third kappa shape index (κ3) is 3.67. The molecule has 1 aromatic carbocycles. The van der Waals surface area contributed by atoms with Gasteiger partial charge in [-0.3, -0.25) is 19.7 Å². The second-order valence-electron chi connectivity index (χ2n) is 4.01. The fraction of sp³-hybridized carbons (Fsp3) is 0.333. The topological polar surface area (TPSA) is 110 Å². The number of ether oxygens (including phenoxy) is 1. The Bertz CT molecular complexity index is 543. The van der Waals surface area contributed by atoms with Crippen LogP contribution in [0.2, 0.25) is 0 Å². The first-order valence-corrected chi connectivity index (χ1v) is 5.66. The number of carboxylic acids is 1. The van der Waals surface area contributed by atoms with Gasteiger partial charge < -0.3 is 14.7 Å². The van der Waals surface area contributed by atoms with E-state index in [1.54, 1.807) is 0 Å². The van der Waals surface area contributed by atoms with Crippen LogP contribution in [0.1, 0.15) is 16.8 Å². The summed E-state index contributed by atoms with van der Waals surface area (Å²) in [6.07, 6.45) is -0.194. The van der Waals surface area contributed by atoms with Crippen molar-refractivity contribution >= 4 is 17.6 Å². The molecule has 0 aliphatic heterocycles. The van der Waals surface area contributed by atoms with E-state index in [1.165, 1.54) is 31.2 Å². The van der Waals surface area contributed by atoms with Gasteiger partial charge in [-0.1, -0.05) is 0 Å². The first-order valence-electron chi connectivity index (χ1n) is 5.66. The maximum Gasteiger partial charge on any atom is 0.311 e. The Balaban J connectivity index is 2.96. The maximum absolute atomic E-state index is 12.0. The van der Waals surface area contributed by atoms with Gasteiger partial charge in [0.1, 0.15) is 0 Å². The number of rotatable bonds is 6. The Labute approximate surface area is 114 Å². The molecule has 0 fully saturated rings. The van der Waals surface area contributed by atoms with E-state index in [0.717, 1.165) is 6.07 Å². The highest BCUT2D eigenvalue weighted by atomic mass is 16.6. The van der Waals surface area contributed by atoms with Crippen molar-refractivity contribution in [1.82, 2.24) is 4.90 Å². The first-order chi connectivity index (χ1) is 9.36. The van der Waals surface area contributed by atoms with E-state index in [0.29, 0.717) is 0 Å². The van der Waals surface area contributed by atoms with Crippen molar-refractivity contribution < 1.29 is 24.4 Å². The largest absolute Gasteiger partial charge is 0.490 e. The van der Waals surface area contributed by atoms with Crippen LogP contribution in [0.4, 0.5) is 5.69 Å². The van der Waals surface area contributed by atoms with Crippen LogP contribution < -0.4 is 4.74 Å². The predicted octanol–water partition coefficient (Wildman–Crippen LogP) is 1.15. The average molecular weight is 282 g/mol. The lowest BCUT2D eigenvalue weighted by atomic mass is 10.1. The van der Waals surface area contributed by atoms with Gasteiger partial charge in [-0.15, -0.1) is 0 Å². The molecule has 0 bridgehead atoms. The van der Waals surface area contributed by atoms with Crippen molar-refractivity contribution in [1.29, 1.82) is 0 Å². The summed E-state index contributed by atoms with van der Waals surface area (Å²) in [6.45, 7) is 0.0218. The minimum absolute atomic E-state index is 0.0218. The lowest BCUT2D eigenvalue weighted by molar-refractivity contribution is -0.385. The summed E-state index contributed by atoms with van der Waals surface area (Å²) in [7, 11) is 2.73. The van der Waals surface area contributed by atoms with Crippen molar-refractivity contribution in [2.75, 3.05) is 20.7 Å². The van der Waals surface area contributed by atoms with Crippen LogP contribution in [-0.2, 0) is 4.79 Å². The Kier molecular flexibility index (Phi) is 5.01. The van der Waals surface area contributed by atoms with Gasteiger partial charge in [-0.25, -0.2) is 0 Å². The molecule has 8 heteroatoms. The lowest BCUT2D eigenvalue weighted by Gasteiger charge is -2.16. The fourth-order valence-electron chi connectivity index (χ4n) is 1.55. The van der Waals surface area contributed by atoms with E-state index in [-0.39, 0.29) is 30.0 Å². The predicted molar refractivity (Wildman–Crippen MR) is 68.9 cm³/mol. The van der Waals surface area contributed by atoms with Crippen molar-refractivity contribution in [3.63, 3.8) is 0 Å².